The Morgan fingerprint density at radius 1 is 1.00 bits per heavy atom. The Bertz CT molecular complexity index is 1180. The van der Waals surface area contributed by atoms with Gasteiger partial charge in [0.05, 0.1) is 5.41 Å². The molecule has 1 aromatic rings. The van der Waals surface area contributed by atoms with Crippen molar-refractivity contribution in [3.05, 3.63) is 40.7 Å². The number of hydrogen-bond acceptors (Lipinski definition) is 2. The highest BCUT2D eigenvalue weighted by atomic mass is 16.4. The molecule has 3 nitrogen and oxygen atoms in total. The Morgan fingerprint density at radius 2 is 1.73 bits per heavy atom. The van der Waals surface area contributed by atoms with E-state index in [0.717, 1.165) is 38.5 Å². The first-order chi connectivity index (χ1) is 17.2. The molecule has 0 bridgehead atoms. The van der Waals surface area contributed by atoms with Gasteiger partial charge in [-0.3, -0.25) is 9.78 Å². The monoisotopic (exact) mass is 503 g/mol. The van der Waals surface area contributed by atoms with Crippen LogP contribution in [0.15, 0.2) is 23.9 Å². The van der Waals surface area contributed by atoms with Crippen LogP contribution in [0.2, 0.25) is 0 Å². The second-order valence-corrected chi connectivity index (χ2v) is 15.5. The van der Waals surface area contributed by atoms with E-state index in [-0.39, 0.29) is 27.6 Å². The van der Waals surface area contributed by atoms with Crippen molar-refractivity contribution in [3.8, 4) is 0 Å². The maximum atomic E-state index is 12.9. The SMILES string of the molecule is Cc1cnc2c(c1)C[C@]1(C)[C@H]3CC=C4[C@@H]5[C@@H](C)[C@H](C)CC[C@]5(C(=O)O)CC[C@@]4(C)[C@]3(C)CC[C@H]1C2(C)C. The highest BCUT2D eigenvalue weighted by Gasteiger charge is 2.69. The molecule has 1 N–H and O–H groups in total. The topological polar surface area (TPSA) is 50.2 Å². The zero-order valence-corrected chi connectivity index (χ0v) is 24.6. The third-order valence-electron chi connectivity index (χ3n) is 13.8. The number of carboxylic acids is 1. The molecule has 0 saturated heterocycles. The summed E-state index contributed by atoms with van der Waals surface area (Å²) in [5, 5.41) is 10.6. The molecule has 6 rings (SSSR count). The minimum absolute atomic E-state index is 0.0700. The maximum Gasteiger partial charge on any atom is 0.310 e. The molecule has 3 saturated carbocycles. The van der Waals surface area contributed by atoms with Crippen molar-refractivity contribution in [1.82, 2.24) is 4.98 Å². The van der Waals surface area contributed by atoms with Crippen LogP contribution in [0.4, 0.5) is 0 Å². The van der Waals surface area contributed by atoms with Gasteiger partial charge in [0, 0.05) is 17.3 Å². The number of carboxylic acid groups (broad SMARTS) is 1. The van der Waals surface area contributed by atoms with E-state index in [0.29, 0.717) is 23.7 Å². The van der Waals surface area contributed by atoms with E-state index in [1.165, 1.54) is 35.2 Å². The molecule has 0 aliphatic heterocycles. The number of rotatable bonds is 1. The van der Waals surface area contributed by atoms with E-state index in [2.05, 4.69) is 73.7 Å². The zero-order chi connectivity index (χ0) is 26.8. The van der Waals surface area contributed by atoms with Gasteiger partial charge in [0.1, 0.15) is 0 Å². The minimum atomic E-state index is -0.559. The Labute approximate surface area is 224 Å². The van der Waals surface area contributed by atoms with Crippen LogP contribution < -0.4 is 0 Å². The standard InChI is InChI=1S/C34H49NO2/c1-20-17-23-18-31(6)25(30(4,5)28(23)35-19-20)12-13-33(8)26(31)10-9-24-27-22(3)21(2)11-14-34(27,29(36)37)16-15-32(24,33)7/h9,17,19,21-22,25-27H,10-16,18H2,1-8H3,(H,36,37)/t21-,22+,25+,26-,27+,31+,32-,33-,34+/m1/s1. The fraction of sp³-hybridized carbons (Fsp3) is 0.765. The van der Waals surface area contributed by atoms with Crippen LogP contribution in [0.1, 0.15) is 110 Å². The first-order valence-corrected chi connectivity index (χ1v) is 15.1. The van der Waals surface area contributed by atoms with Crippen molar-refractivity contribution in [3.63, 3.8) is 0 Å². The van der Waals surface area contributed by atoms with Crippen molar-refractivity contribution in [1.29, 1.82) is 0 Å². The largest absolute Gasteiger partial charge is 0.481 e. The molecule has 37 heavy (non-hydrogen) atoms. The van der Waals surface area contributed by atoms with Gasteiger partial charge in [0.2, 0.25) is 0 Å². The van der Waals surface area contributed by atoms with Gasteiger partial charge in [-0.1, -0.05) is 66.2 Å². The summed E-state index contributed by atoms with van der Waals surface area (Å²) in [6.07, 6.45) is 13.2. The Balaban J connectivity index is 1.48. The van der Waals surface area contributed by atoms with Crippen LogP contribution in [-0.2, 0) is 16.6 Å². The highest BCUT2D eigenvalue weighted by Crippen LogP contribution is 2.75. The molecule has 0 spiro atoms. The lowest BCUT2D eigenvalue weighted by atomic mass is 9.33. The Morgan fingerprint density at radius 3 is 2.43 bits per heavy atom. The van der Waals surface area contributed by atoms with Crippen LogP contribution in [0, 0.1) is 58.2 Å². The molecular formula is C34H49NO2. The lowest BCUT2D eigenvalue weighted by Gasteiger charge is -2.70. The highest BCUT2D eigenvalue weighted by molar-refractivity contribution is 5.76. The number of hydrogen-bond donors (Lipinski definition) is 1. The fourth-order valence-electron chi connectivity index (χ4n) is 11.6. The van der Waals surface area contributed by atoms with Gasteiger partial charge in [-0.2, -0.15) is 0 Å². The molecule has 3 heteroatoms. The van der Waals surface area contributed by atoms with Crippen molar-refractivity contribution in [2.75, 3.05) is 0 Å². The molecule has 1 aromatic heterocycles. The second-order valence-electron chi connectivity index (χ2n) is 15.5. The Kier molecular flexibility index (Phi) is 5.35. The maximum absolute atomic E-state index is 12.9. The molecule has 1 heterocycles. The third-order valence-corrected chi connectivity index (χ3v) is 13.8. The molecule has 202 valence electrons. The average Bonchev–Trinajstić information content (AvgIpc) is 2.81. The molecular weight excluding hydrogens is 454 g/mol. The summed E-state index contributed by atoms with van der Waals surface area (Å²) < 4.78 is 0. The van der Waals surface area contributed by atoms with Crippen LogP contribution in [-0.4, -0.2) is 16.1 Å². The van der Waals surface area contributed by atoms with Gasteiger partial charge < -0.3 is 5.11 Å². The number of aliphatic carboxylic acids is 1. The van der Waals surface area contributed by atoms with Crippen LogP contribution in [0.3, 0.4) is 0 Å². The van der Waals surface area contributed by atoms with Gasteiger partial charge in [0.15, 0.2) is 0 Å². The number of fused-ring (bicyclic) bond motifs is 8. The zero-order valence-electron chi connectivity index (χ0n) is 24.6. The summed E-state index contributed by atoms with van der Waals surface area (Å²) >= 11 is 0. The average molecular weight is 504 g/mol. The van der Waals surface area contributed by atoms with Crippen molar-refractivity contribution < 1.29 is 9.90 Å². The lowest BCUT2D eigenvalue weighted by molar-refractivity contribution is -0.179. The van der Waals surface area contributed by atoms with E-state index < -0.39 is 11.4 Å². The number of carbonyl (C=O) groups is 1. The number of allylic oxidation sites excluding steroid dienone is 2. The van der Waals surface area contributed by atoms with E-state index in [9.17, 15) is 9.90 Å². The smallest absolute Gasteiger partial charge is 0.310 e. The normalized spacial score (nSPS) is 47.9. The summed E-state index contributed by atoms with van der Waals surface area (Å²) in [7, 11) is 0. The lowest BCUT2D eigenvalue weighted by Crippen LogP contribution is -2.65. The predicted octanol–water partition coefficient (Wildman–Crippen LogP) is 8.15. The molecule has 0 unspecified atom stereocenters. The number of aryl methyl sites for hydroxylation is 1. The second kappa shape index (κ2) is 7.72. The first kappa shape index (κ1) is 25.6. The van der Waals surface area contributed by atoms with Gasteiger partial charge in [-0.05, 0) is 115 Å². The molecule has 9 atom stereocenters. The van der Waals surface area contributed by atoms with E-state index in [1.807, 2.05) is 0 Å². The van der Waals surface area contributed by atoms with Crippen LogP contribution in [0.5, 0.6) is 0 Å². The van der Waals surface area contributed by atoms with E-state index in [1.54, 1.807) is 0 Å². The molecule has 5 aliphatic rings. The van der Waals surface area contributed by atoms with Gasteiger partial charge in [0.25, 0.3) is 0 Å². The molecule has 0 radical (unpaired) electrons. The summed E-state index contributed by atoms with van der Waals surface area (Å²) in [4.78, 5) is 17.9. The fourth-order valence-corrected chi connectivity index (χ4v) is 11.6. The van der Waals surface area contributed by atoms with Crippen LogP contribution in [0.25, 0.3) is 0 Å². The summed E-state index contributed by atoms with van der Waals surface area (Å²) in [5.74, 6) is 1.90. The van der Waals surface area contributed by atoms with Gasteiger partial charge in [-0.15, -0.1) is 0 Å². The summed E-state index contributed by atoms with van der Waals surface area (Å²) in [5.41, 5.74) is 5.60. The van der Waals surface area contributed by atoms with E-state index in [4.69, 9.17) is 4.98 Å². The molecule has 0 aromatic carbocycles. The van der Waals surface area contributed by atoms with Crippen molar-refractivity contribution in [2.24, 2.45) is 51.2 Å². The number of aromatic nitrogens is 1. The predicted molar refractivity (Wildman–Crippen MR) is 149 cm³/mol. The summed E-state index contributed by atoms with van der Waals surface area (Å²) in [6, 6.07) is 2.41. The summed E-state index contributed by atoms with van der Waals surface area (Å²) in [6.45, 7) is 19.6. The number of pyridine rings is 1. The van der Waals surface area contributed by atoms with Crippen molar-refractivity contribution in [2.45, 2.75) is 112 Å². The first-order valence-electron chi connectivity index (χ1n) is 15.1. The van der Waals surface area contributed by atoms with E-state index >= 15 is 0 Å². The quantitative estimate of drug-likeness (QED) is 0.393. The minimum Gasteiger partial charge on any atom is -0.481 e. The van der Waals surface area contributed by atoms with Gasteiger partial charge in [-0.25, -0.2) is 0 Å². The van der Waals surface area contributed by atoms with Crippen molar-refractivity contribution >= 4 is 5.97 Å². The van der Waals surface area contributed by atoms with Gasteiger partial charge >= 0.3 is 5.97 Å². The molecule has 3 fully saturated rings. The third kappa shape index (κ3) is 3.01. The Hall–Kier alpha value is -1.64. The molecule has 5 aliphatic carbocycles. The number of nitrogens with zero attached hydrogens (tertiary/aromatic N) is 1. The molecule has 0 amide bonds. The van der Waals surface area contributed by atoms with Crippen LogP contribution >= 0.6 is 0 Å².